The maximum Gasteiger partial charge on any atom is 0.264 e. The number of amides is 1. The van der Waals surface area contributed by atoms with Crippen molar-refractivity contribution in [3.8, 4) is 17.5 Å². The Morgan fingerprint density at radius 2 is 1.84 bits per heavy atom. The molecule has 3 aromatic heterocycles. The molecule has 0 spiro atoms. The molecule has 2 aromatic carbocycles. The van der Waals surface area contributed by atoms with Gasteiger partial charge in [0.2, 0.25) is 0 Å². The van der Waals surface area contributed by atoms with E-state index in [1.165, 1.54) is 0 Å². The Morgan fingerprint density at radius 1 is 1.08 bits per heavy atom. The van der Waals surface area contributed by atoms with Gasteiger partial charge in [-0.25, -0.2) is 0 Å². The van der Waals surface area contributed by atoms with E-state index >= 15 is 0 Å². The first-order valence-corrected chi connectivity index (χ1v) is 12.1. The average Bonchev–Trinajstić information content (AvgIpc) is 3.43. The number of nitrogens with two attached hydrogens (primary N) is 1. The van der Waals surface area contributed by atoms with E-state index in [2.05, 4.69) is 27.4 Å². The van der Waals surface area contributed by atoms with Crippen molar-refractivity contribution in [3.63, 3.8) is 0 Å². The van der Waals surface area contributed by atoms with Gasteiger partial charge in [-0.05, 0) is 43.5 Å². The van der Waals surface area contributed by atoms with Gasteiger partial charge in [0.05, 0.1) is 23.2 Å². The highest BCUT2D eigenvalue weighted by Gasteiger charge is 2.23. The summed E-state index contributed by atoms with van der Waals surface area (Å²) in [5, 5.41) is 12.5. The van der Waals surface area contributed by atoms with Crippen molar-refractivity contribution in [2.45, 2.75) is 19.9 Å². The first kappa shape index (κ1) is 24.6. The fourth-order valence-corrected chi connectivity index (χ4v) is 4.53. The van der Waals surface area contributed by atoms with Crippen molar-refractivity contribution in [1.29, 1.82) is 0 Å². The lowest BCUT2D eigenvalue weighted by Gasteiger charge is -2.21. The Kier molecular flexibility index (Phi) is 6.31. The van der Waals surface area contributed by atoms with Crippen molar-refractivity contribution >= 4 is 22.5 Å². The molecule has 1 unspecified atom stereocenters. The number of aromatic nitrogens is 5. The highest BCUT2D eigenvalue weighted by atomic mass is 16.2. The predicted octanol–water partition coefficient (Wildman–Crippen LogP) is 3.24. The van der Waals surface area contributed by atoms with Gasteiger partial charge in [-0.3, -0.25) is 23.5 Å². The van der Waals surface area contributed by atoms with E-state index in [9.17, 15) is 9.59 Å². The van der Waals surface area contributed by atoms with Crippen LogP contribution in [0.15, 0.2) is 71.8 Å². The summed E-state index contributed by atoms with van der Waals surface area (Å²) in [7, 11) is 3.56. The number of carbonyl (C=O) groups is 1. The van der Waals surface area contributed by atoms with Gasteiger partial charge >= 0.3 is 0 Å². The van der Waals surface area contributed by atoms with E-state index in [4.69, 9.17) is 5.73 Å². The van der Waals surface area contributed by atoms with Crippen LogP contribution in [0.25, 0.3) is 16.5 Å². The van der Waals surface area contributed by atoms with Crippen LogP contribution in [0.5, 0.6) is 0 Å². The first-order chi connectivity index (χ1) is 18.2. The van der Waals surface area contributed by atoms with E-state index < -0.39 is 6.04 Å². The fraction of sp³-hybridized carbons (Fsp3) is 0.172. The van der Waals surface area contributed by atoms with Crippen LogP contribution >= 0.6 is 0 Å². The number of anilines is 1. The molecular weight excluding hydrogens is 478 g/mol. The second-order valence-electron chi connectivity index (χ2n) is 9.13. The van der Waals surface area contributed by atoms with Crippen LogP contribution in [0.1, 0.15) is 45.8 Å². The summed E-state index contributed by atoms with van der Waals surface area (Å²) in [6, 6.07) is 16.3. The zero-order valence-electron chi connectivity index (χ0n) is 21.6. The Balaban J connectivity index is 1.65. The summed E-state index contributed by atoms with van der Waals surface area (Å²) in [5.74, 6) is 6.04. The second-order valence-corrected chi connectivity index (χ2v) is 9.13. The van der Waals surface area contributed by atoms with Gasteiger partial charge in [0.15, 0.2) is 5.82 Å². The van der Waals surface area contributed by atoms with Gasteiger partial charge in [-0.15, -0.1) is 0 Å². The molecule has 9 nitrogen and oxygen atoms in total. The molecule has 0 radical (unpaired) electrons. The Labute approximate surface area is 219 Å². The molecule has 0 aliphatic heterocycles. The normalized spacial score (nSPS) is 11.7. The topological polar surface area (TPSA) is 113 Å². The third-order valence-electron chi connectivity index (χ3n) is 6.52. The smallest absolute Gasteiger partial charge is 0.264 e. The number of hydrogen-bond acceptors (Lipinski definition) is 5. The maximum absolute atomic E-state index is 14.1. The minimum Gasteiger partial charge on any atom is -0.382 e. The Hall–Kier alpha value is -5.10. The molecule has 38 heavy (non-hydrogen) atoms. The molecule has 190 valence electrons. The number of pyridine rings is 1. The molecule has 5 rings (SSSR count). The number of fused-ring (bicyclic) bond motifs is 1. The lowest BCUT2D eigenvalue weighted by Crippen LogP contribution is -2.32. The van der Waals surface area contributed by atoms with Crippen LogP contribution in [0.2, 0.25) is 0 Å². The van der Waals surface area contributed by atoms with Gasteiger partial charge in [0.1, 0.15) is 5.56 Å². The Bertz CT molecular complexity index is 1800. The number of nitrogen functional groups attached to an aromatic ring is 1. The highest BCUT2D eigenvalue weighted by molar-refractivity contribution is 5.99. The SMILES string of the molecule is Cc1c(C(=O)NC(C)c2cc3cccc(C#Cc4cnn(C)c4)c3c(=O)n2-c2ccccc2)c(N)nn1C. The quantitative estimate of drug-likeness (QED) is 0.364. The van der Waals surface area contributed by atoms with Crippen LogP contribution in [0, 0.1) is 18.8 Å². The van der Waals surface area contributed by atoms with Crippen molar-refractivity contribution in [1.82, 2.24) is 29.4 Å². The van der Waals surface area contributed by atoms with Gasteiger partial charge < -0.3 is 11.1 Å². The lowest BCUT2D eigenvalue weighted by atomic mass is 10.0. The molecule has 0 bridgehead atoms. The van der Waals surface area contributed by atoms with E-state index in [-0.39, 0.29) is 17.3 Å². The zero-order chi connectivity index (χ0) is 27.0. The second kappa shape index (κ2) is 9.75. The molecular formula is C29H27N7O2. The predicted molar refractivity (Wildman–Crippen MR) is 147 cm³/mol. The number of benzene rings is 2. The summed E-state index contributed by atoms with van der Waals surface area (Å²) >= 11 is 0. The van der Waals surface area contributed by atoms with Gasteiger partial charge in [0.25, 0.3) is 11.5 Å². The molecule has 0 fully saturated rings. The van der Waals surface area contributed by atoms with Gasteiger partial charge in [0, 0.05) is 42.9 Å². The molecule has 0 aliphatic carbocycles. The third-order valence-corrected chi connectivity index (χ3v) is 6.52. The van der Waals surface area contributed by atoms with Crippen LogP contribution in [-0.4, -0.2) is 30.0 Å². The zero-order valence-corrected chi connectivity index (χ0v) is 21.6. The molecule has 5 aromatic rings. The van der Waals surface area contributed by atoms with Crippen molar-refractivity contribution < 1.29 is 4.79 Å². The number of aryl methyl sites for hydroxylation is 2. The fourth-order valence-electron chi connectivity index (χ4n) is 4.53. The third kappa shape index (κ3) is 4.44. The summed E-state index contributed by atoms with van der Waals surface area (Å²) in [6.45, 7) is 3.62. The van der Waals surface area contributed by atoms with Crippen LogP contribution < -0.4 is 16.6 Å². The lowest BCUT2D eigenvalue weighted by molar-refractivity contribution is 0.0939. The maximum atomic E-state index is 14.1. The van der Waals surface area contributed by atoms with Gasteiger partial charge in [-0.1, -0.05) is 42.2 Å². The van der Waals surface area contributed by atoms with Gasteiger partial charge in [-0.2, -0.15) is 10.2 Å². The van der Waals surface area contributed by atoms with E-state index in [0.717, 1.165) is 10.9 Å². The van der Waals surface area contributed by atoms with Crippen LogP contribution in [0.3, 0.4) is 0 Å². The Morgan fingerprint density at radius 3 is 2.50 bits per heavy atom. The minimum absolute atomic E-state index is 0.158. The summed E-state index contributed by atoms with van der Waals surface area (Å²) in [5.41, 5.74) is 9.43. The highest BCUT2D eigenvalue weighted by Crippen LogP contribution is 2.24. The molecule has 0 aliphatic rings. The molecule has 3 N–H and O–H groups in total. The number of para-hydroxylation sites is 1. The molecule has 0 saturated heterocycles. The summed E-state index contributed by atoms with van der Waals surface area (Å²) in [4.78, 5) is 27.3. The standard InChI is InChI=1S/C29H27N7O2/c1-18(32-28(37)25-19(2)35(4)33-27(25)30)24-15-22-10-8-9-21(14-13-20-16-31-34(3)17-20)26(22)29(38)36(24)23-11-6-5-7-12-23/h5-12,15-18H,1-4H3,(H2,30,33)(H,32,37). The number of rotatable bonds is 4. The number of carbonyl (C=O) groups excluding carboxylic acids is 1. The van der Waals surface area contributed by atoms with E-state index in [1.807, 2.05) is 74.8 Å². The first-order valence-electron chi connectivity index (χ1n) is 12.1. The number of nitrogens with one attached hydrogen (secondary N) is 1. The summed E-state index contributed by atoms with van der Waals surface area (Å²) < 4.78 is 4.87. The molecule has 3 heterocycles. The van der Waals surface area contributed by atoms with Crippen LogP contribution in [-0.2, 0) is 14.1 Å². The van der Waals surface area contributed by atoms with E-state index in [0.29, 0.717) is 33.6 Å². The number of hydrogen-bond donors (Lipinski definition) is 2. The minimum atomic E-state index is -0.524. The van der Waals surface area contributed by atoms with Crippen molar-refractivity contribution in [2.24, 2.45) is 14.1 Å². The molecule has 1 amide bonds. The molecule has 9 heteroatoms. The largest absolute Gasteiger partial charge is 0.382 e. The average molecular weight is 506 g/mol. The monoisotopic (exact) mass is 505 g/mol. The van der Waals surface area contributed by atoms with Crippen molar-refractivity contribution in [2.75, 3.05) is 5.73 Å². The van der Waals surface area contributed by atoms with E-state index in [1.54, 1.807) is 34.1 Å². The van der Waals surface area contributed by atoms with Crippen LogP contribution in [0.4, 0.5) is 5.82 Å². The van der Waals surface area contributed by atoms with Crippen molar-refractivity contribution in [3.05, 3.63) is 105 Å². The molecule has 0 saturated carbocycles. The number of nitrogens with zero attached hydrogens (tertiary/aromatic N) is 5. The summed E-state index contributed by atoms with van der Waals surface area (Å²) in [6.07, 6.45) is 3.50. The molecule has 1 atom stereocenters.